The Morgan fingerprint density at radius 2 is 2.21 bits per heavy atom. The Kier molecular flexibility index (Phi) is 4.91. The van der Waals surface area contributed by atoms with Crippen molar-refractivity contribution in [2.45, 2.75) is 38.3 Å². The summed E-state index contributed by atoms with van der Waals surface area (Å²) in [5.41, 5.74) is 7.75. The molecule has 2 N–H and O–H groups in total. The monoisotopic (exact) mass is 263 g/mol. The molecule has 1 aliphatic rings. The molecular formula is C15H25N3O. The van der Waals surface area contributed by atoms with E-state index in [1.54, 1.807) is 6.20 Å². The largest absolute Gasteiger partial charge is 0.379 e. The summed E-state index contributed by atoms with van der Waals surface area (Å²) in [7, 11) is 0. The number of hydrogen-bond acceptors (Lipinski definition) is 4. The Hall–Kier alpha value is -0.970. The Balaban J connectivity index is 2.06. The maximum Gasteiger partial charge on any atom is 0.0594 e. The van der Waals surface area contributed by atoms with E-state index in [1.807, 2.05) is 12.3 Å². The van der Waals surface area contributed by atoms with Crippen LogP contribution in [0.3, 0.4) is 0 Å². The van der Waals surface area contributed by atoms with Crippen molar-refractivity contribution in [3.05, 3.63) is 30.1 Å². The molecule has 0 spiro atoms. The second kappa shape index (κ2) is 6.46. The van der Waals surface area contributed by atoms with Gasteiger partial charge in [-0.05, 0) is 31.4 Å². The minimum absolute atomic E-state index is 0.0274. The van der Waals surface area contributed by atoms with Crippen LogP contribution in [0.5, 0.6) is 0 Å². The molecular weight excluding hydrogens is 238 g/mol. The molecule has 1 aromatic rings. The number of pyridine rings is 1. The number of nitrogens with two attached hydrogens (primary N) is 1. The van der Waals surface area contributed by atoms with Crippen LogP contribution < -0.4 is 5.73 Å². The number of nitrogens with zero attached hydrogens (tertiary/aromatic N) is 2. The molecule has 1 aromatic heterocycles. The van der Waals surface area contributed by atoms with Gasteiger partial charge in [0, 0.05) is 37.1 Å². The maximum absolute atomic E-state index is 6.52. The smallest absolute Gasteiger partial charge is 0.0594 e. The Morgan fingerprint density at radius 3 is 2.79 bits per heavy atom. The molecule has 2 unspecified atom stereocenters. The molecule has 106 valence electrons. The molecule has 0 radical (unpaired) electrons. The summed E-state index contributed by atoms with van der Waals surface area (Å²) in [5.74, 6) is 0. The van der Waals surface area contributed by atoms with Gasteiger partial charge in [0.15, 0.2) is 0 Å². The Labute approximate surface area is 116 Å². The van der Waals surface area contributed by atoms with Crippen molar-refractivity contribution in [1.82, 2.24) is 9.88 Å². The Bertz CT molecular complexity index is 378. The molecule has 19 heavy (non-hydrogen) atoms. The fraction of sp³-hybridized carbons (Fsp3) is 0.667. The number of ether oxygens (including phenoxy) is 1. The highest BCUT2D eigenvalue weighted by molar-refractivity contribution is 5.12. The number of rotatable bonds is 5. The van der Waals surface area contributed by atoms with Crippen LogP contribution in [0.4, 0.5) is 0 Å². The van der Waals surface area contributed by atoms with E-state index in [1.165, 1.54) is 5.56 Å². The molecule has 4 nitrogen and oxygen atoms in total. The lowest BCUT2D eigenvalue weighted by Gasteiger charge is -2.46. The second-order valence-electron chi connectivity index (χ2n) is 5.48. The van der Waals surface area contributed by atoms with Crippen LogP contribution >= 0.6 is 0 Å². The predicted octanol–water partition coefficient (Wildman–Crippen LogP) is 1.45. The van der Waals surface area contributed by atoms with Crippen molar-refractivity contribution in [1.29, 1.82) is 0 Å². The predicted molar refractivity (Wildman–Crippen MR) is 77.0 cm³/mol. The summed E-state index contributed by atoms with van der Waals surface area (Å²) in [5, 5.41) is 0. The van der Waals surface area contributed by atoms with Gasteiger partial charge in [-0.2, -0.15) is 0 Å². The zero-order valence-corrected chi connectivity index (χ0v) is 12.0. The molecule has 1 saturated heterocycles. The molecule has 2 heterocycles. The average molecular weight is 263 g/mol. The van der Waals surface area contributed by atoms with Gasteiger partial charge in [-0.15, -0.1) is 0 Å². The van der Waals surface area contributed by atoms with E-state index in [0.29, 0.717) is 0 Å². The fourth-order valence-electron chi connectivity index (χ4n) is 2.79. The summed E-state index contributed by atoms with van der Waals surface area (Å²) in [6.45, 7) is 8.08. The van der Waals surface area contributed by atoms with E-state index in [9.17, 15) is 0 Å². The minimum atomic E-state index is 0.0274. The van der Waals surface area contributed by atoms with Crippen molar-refractivity contribution in [2.24, 2.45) is 5.73 Å². The number of hydrogen-bond donors (Lipinski definition) is 1. The van der Waals surface area contributed by atoms with Gasteiger partial charge >= 0.3 is 0 Å². The van der Waals surface area contributed by atoms with Gasteiger partial charge in [0.1, 0.15) is 0 Å². The van der Waals surface area contributed by atoms with E-state index < -0.39 is 0 Å². The Morgan fingerprint density at radius 1 is 1.47 bits per heavy atom. The maximum atomic E-state index is 6.52. The van der Waals surface area contributed by atoms with Gasteiger partial charge in [-0.1, -0.05) is 13.0 Å². The number of morpholine rings is 1. The minimum Gasteiger partial charge on any atom is -0.379 e. The quantitative estimate of drug-likeness (QED) is 0.873. The van der Waals surface area contributed by atoms with Crippen molar-refractivity contribution >= 4 is 0 Å². The standard InChI is InChI=1S/C15H25N3O/c1-3-15(2,18-7-9-19-10-8-18)14(16)11-13-5-4-6-17-12-13/h4-6,12,14H,3,7-11,16H2,1-2H3. The van der Waals surface area contributed by atoms with Crippen LogP contribution in [0.25, 0.3) is 0 Å². The molecule has 0 aliphatic carbocycles. The molecule has 0 bridgehead atoms. The molecule has 2 rings (SSSR count). The van der Waals surface area contributed by atoms with Crippen LogP contribution in [0.15, 0.2) is 24.5 Å². The van der Waals surface area contributed by atoms with Crippen molar-refractivity contribution < 1.29 is 4.74 Å². The summed E-state index contributed by atoms with van der Waals surface area (Å²) in [6.07, 6.45) is 5.63. The summed E-state index contributed by atoms with van der Waals surface area (Å²) in [6, 6.07) is 4.18. The second-order valence-corrected chi connectivity index (χ2v) is 5.48. The normalized spacial score (nSPS) is 21.8. The van der Waals surface area contributed by atoms with Crippen LogP contribution in [-0.4, -0.2) is 47.8 Å². The van der Waals surface area contributed by atoms with Gasteiger partial charge in [-0.3, -0.25) is 9.88 Å². The fourth-order valence-corrected chi connectivity index (χ4v) is 2.79. The highest BCUT2D eigenvalue weighted by atomic mass is 16.5. The lowest BCUT2D eigenvalue weighted by molar-refractivity contribution is -0.0272. The lowest BCUT2D eigenvalue weighted by Crippen LogP contribution is -2.61. The summed E-state index contributed by atoms with van der Waals surface area (Å²) >= 11 is 0. The molecule has 4 heteroatoms. The first-order chi connectivity index (χ1) is 9.16. The third-order valence-electron chi connectivity index (χ3n) is 4.43. The first-order valence-electron chi connectivity index (χ1n) is 7.14. The lowest BCUT2D eigenvalue weighted by atomic mass is 9.84. The highest BCUT2D eigenvalue weighted by Gasteiger charge is 2.36. The molecule has 1 aliphatic heterocycles. The van der Waals surface area contributed by atoms with Crippen LogP contribution in [0.1, 0.15) is 25.8 Å². The third kappa shape index (κ3) is 3.32. The van der Waals surface area contributed by atoms with E-state index in [2.05, 4.69) is 29.8 Å². The number of aromatic nitrogens is 1. The third-order valence-corrected chi connectivity index (χ3v) is 4.43. The topological polar surface area (TPSA) is 51.4 Å². The molecule has 0 aromatic carbocycles. The zero-order chi connectivity index (χ0) is 13.7. The van der Waals surface area contributed by atoms with E-state index >= 15 is 0 Å². The van der Waals surface area contributed by atoms with Crippen LogP contribution in [0, 0.1) is 0 Å². The van der Waals surface area contributed by atoms with Gasteiger partial charge < -0.3 is 10.5 Å². The van der Waals surface area contributed by atoms with E-state index in [0.717, 1.165) is 39.1 Å². The van der Waals surface area contributed by atoms with Crippen molar-refractivity contribution in [3.8, 4) is 0 Å². The van der Waals surface area contributed by atoms with Gasteiger partial charge in [0.25, 0.3) is 0 Å². The highest BCUT2D eigenvalue weighted by Crippen LogP contribution is 2.25. The van der Waals surface area contributed by atoms with Crippen LogP contribution in [0.2, 0.25) is 0 Å². The first-order valence-corrected chi connectivity index (χ1v) is 7.14. The van der Waals surface area contributed by atoms with Gasteiger partial charge in [-0.25, -0.2) is 0 Å². The molecule has 1 fully saturated rings. The molecule has 0 amide bonds. The summed E-state index contributed by atoms with van der Waals surface area (Å²) < 4.78 is 5.44. The van der Waals surface area contributed by atoms with Crippen LogP contribution in [-0.2, 0) is 11.2 Å². The summed E-state index contributed by atoms with van der Waals surface area (Å²) in [4.78, 5) is 6.65. The van der Waals surface area contributed by atoms with Gasteiger partial charge in [0.05, 0.1) is 13.2 Å². The van der Waals surface area contributed by atoms with Gasteiger partial charge in [0.2, 0.25) is 0 Å². The zero-order valence-electron chi connectivity index (χ0n) is 12.0. The van der Waals surface area contributed by atoms with Crippen molar-refractivity contribution in [3.63, 3.8) is 0 Å². The molecule has 2 atom stereocenters. The van der Waals surface area contributed by atoms with E-state index in [-0.39, 0.29) is 11.6 Å². The average Bonchev–Trinajstić information content (AvgIpc) is 2.48. The van der Waals surface area contributed by atoms with E-state index in [4.69, 9.17) is 10.5 Å². The first kappa shape index (κ1) is 14.4. The molecule has 0 saturated carbocycles. The SMILES string of the molecule is CCC(C)(C(N)Cc1cccnc1)N1CCOCC1. The van der Waals surface area contributed by atoms with Crippen molar-refractivity contribution in [2.75, 3.05) is 26.3 Å².